The predicted octanol–water partition coefficient (Wildman–Crippen LogP) is 3.75. The number of rotatable bonds is 0. The van der Waals surface area contributed by atoms with Crippen molar-refractivity contribution in [3.63, 3.8) is 0 Å². The summed E-state index contributed by atoms with van der Waals surface area (Å²) in [5, 5.41) is 19.4. The molecule has 3 rings (SSSR count). The Morgan fingerprint density at radius 3 is 2.68 bits per heavy atom. The molecule has 1 heterocycles. The molecule has 0 saturated heterocycles. The van der Waals surface area contributed by atoms with Crippen molar-refractivity contribution in [3.05, 3.63) is 45.9 Å². The molecule has 19 heavy (non-hydrogen) atoms. The average Bonchev–Trinajstić information content (AvgIpc) is 2.44. The fraction of sp³-hybridized carbons (Fsp3) is 0.0714. The summed E-state index contributed by atoms with van der Waals surface area (Å²) in [4.78, 5) is 13.8. The first-order valence-corrected chi connectivity index (χ1v) is 7.21. The second kappa shape index (κ2) is 4.58. The fourth-order valence-electron chi connectivity index (χ4n) is 2.10. The van der Waals surface area contributed by atoms with Gasteiger partial charge in [0.05, 0.1) is 5.56 Å². The lowest BCUT2D eigenvalue weighted by atomic mass is 10.0. The van der Waals surface area contributed by atoms with Crippen molar-refractivity contribution in [2.45, 2.75) is 16.2 Å². The third-order valence-corrected chi connectivity index (χ3v) is 4.58. The second-order valence-electron chi connectivity index (χ2n) is 4.29. The number of aromatic hydroxyl groups is 2. The van der Waals surface area contributed by atoms with Crippen LogP contribution in [0.2, 0.25) is 0 Å². The fourth-order valence-corrected chi connectivity index (χ4v) is 3.80. The Balaban J connectivity index is 2.22. The molecule has 1 aliphatic heterocycles. The molecule has 2 aromatic rings. The van der Waals surface area contributed by atoms with E-state index in [0.717, 1.165) is 14.9 Å². The van der Waals surface area contributed by atoms with Gasteiger partial charge in [-0.1, -0.05) is 33.8 Å². The van der Waals surface area contributed by atoms with Gasteiger partial charge in [-0.2, -0.15) is 0 Å². The van der Waals surface area contributed by atoms with Gasteiger partial charge in [0.25, 0.3) is 0 Å². The molecular formula is C14H9BrO3S. The lowest BCUT2D eigenvalue weighted by Gasteiger charge is -2.07. The van der Waals surface area contributed by atoms with E-state index in [1.165, 1.54) is 23.9 Å². The van der Waals surface area contributed by atoms with Gasteiger partial charge >= 0.3 is 0 Å². The number of halogens is 1. The summed E-state index contributed by atoms with van der Waals surface area (Å²) in [6, 6.07) is 8.42. The van der Waals surface area contributed by atoms with E-state index in [0.29, 0.717) is 4.90 Å². The van der Waals surface area contributed by atoms with Crippen LogP contribution in [0.4, 0.5) is 0 Å². The van der Waals surface area contributed by atoms with Crippen molar-refractivity contribution in [2.75, 3.05) is 0 Å². The molecule has 0 bridgehead atoms. The molecule has 2 aromatic carbocycles. The predicted molar refractivity (Wildman–Crippen MR) is 76.1 cm³/mol. The maximum atomic E-state index is 12.2. The van der Waals surface area contributed by atoms with Crippen LogP contribution in [0.1, 0.15) is 15.9 Å². The zero-order valence-corrected chi connectivity index (χ0v) is 12.1. The zero-order valence-electron chi connectivity index (χ0n) is 9.68. The minimum Gasteiger partial charge on any atom is -0.508 e. The summed E-state index contributed by atoms with van der Waals surface area (Å²) in [5.41, 5.74) is 1.21. The molecule has 0 amide bonds. The largest absolute Gasteiger partial charge is 0.508 e. The van der Waals surface area contributed by atoms with Crippen LogP contribution in [0.15, 0.2) is 44.6 Å². The molecule has 3 nitrogen and oxygen atoms in total. The maximum absolute atomic E-state index is 12.2. The minimum absolute atomic E-state index is 0.0463. The van der Waals surface area contributed by atoms with Gasteiger partial charge in [-0.15, -0.1) is 0 Å². The normalized spacial score (nSPS) is 13.6. The monoisotopic (exact) mass is 336 g/mol. The van der Waals surface area contributed by atoms with Gasteiger partial charge in [-0.05, 0) is 23.8 Å². The molecule has 0 fully saturated rings. The van der Waals surface area contributed by atoms with Gasteiger partial charge in [-0.25, -0.2) is 0 Å². The molecule has 1 aliphatic rings. The number of ketones is 1. The number of phenols is 2. The quantitative estimate of drug-likeness (QED) is 0.769. The molecule has 0 spiro atoms. The Morgan fingerprint density at radius 2 is 1.89 bits per heavy atom. The molecule has 2 N–H and O–H groups in total. The Kier molecular flexibility index (Phi) is 3.03. The molecule has 0 saturated carbocycles. The number of benzene rings is 2. The maximum Gasteiger partial charge on any atom is 0.172 e. The van der Waals surface area contributed by atoms with E-state index in [4.69, 9.17) is 0 Å². The van der Waals surface area contributed by atoms with Gasteiger partial charge in [0, 0.05) is 26.8 Å². The highest BCUT2D eigenvalue weighted by molar-refractivity contribution is 9.10. The molecule has 0 aliphatic carbocycles. The molecular weight excluding hydrogens is 328 g/mol. The topological polar surface area (TPSA) is 57.5 Å². The van der Waals surface area contributed by atoms with Crippen molar-refractivity contribution in [1.29, 1.82) is 0 Å². The molecule has 5 heteroatoms. The van der Waals surface area contributed by atoms with Crippen molar-refractivity contribution < 1.29 is 15.0 Å². The Hall–Kier alpha value is -1.46. The van der Waals surface area contributed by atoms with Gasteiger partial charge in [0.1, 0.15) is 11.5 Å². The number of hydrogen-bond acceptors (Lipinski definition) is 4. The summed E-state index contributed by atoms with van der Waals surface area (Å²) in [6.07, 6.45) is 0.251. The van der Waals surface area contributed by atoms with E-state index >= 15 is 0 Å². The van der Waals surface area contributed by atoms with Crippen LogP contribution in [0.3, 0.4) is 0 Å². The van der Waals surface area contributed by atoms with Crippen LogP contribution in [-0.4, -0.2) is 16.0 Å². The van der Waals surface area contributed by atoms with E-state index in [2.05, 4.69) is 15.9 Å². The van der Waals surface area contributed by atoms with E-state index in [9.17, 15) is 15.0 Å². The average molecular weight is 337 g/mol. The number of carbonyl (C=O) groups excluding carboxylic acids is 1. The standard InChI is InChI=1S/C14H9BrO3S/c15-8-2-1-7-3-10(17)14-11(18)5-9(16)6-13(14)19-12(7)4-8/h1-2,4-6,16,18H,3H2. The van der Waals surface area contributed by atoms with Crippen LogP contribution in [0.25, 0.3) is 0 Å². The summed E-state index contributed by atoms with van der Waals surface area (Å²) < 4.78 is 0.930. The third-order valence-electron chi connectivity index (χ3n) is 2.95. The van der Waals surface area contributed by atoms with Crippen LogP contribution >= 0.6 is 27.7 Å². The number of hydrogen-bond donors (Lipinski definition) is 2. The summed E-state index contributed by atoms with van der Waals surface area (Å²) in [5.74, 6) is -0.351. The third kappa shape index (κ3) is 2.24. The molecule has 0 unspecified atom stereocenters. The SMILES string of the molecule is O=C1Cc2ccc(Br)cc2Sc2cc(O)cc(O)c21. The van der Waals surface area contributed by atoms with Crippen molar-refractivity contribution in [1.82, 2.24) is 0 Å². The van der Waals surface area contributed by atoms with Crippen LogP contribution in [-0.2, 0) is 6.42 Å². The smallest absolute Gasteiger partial charge is 0.172 e. The van der Waals surface area contributed by atoms with Crippen LogP contribution < -0.4 is 0 Å². The highest BCUT2D eigenvalue weighted by Crippen LogP contribution is 2.42. The van der Waals surface area contributed by atoms with E-state index < -0.39 is 0 Å². The number of Topliss-reactive ketones (excluding diaryl/α,β-unsaturated/α-hetero) is 1. The lowest BCUT2D eigenvalue weighted by Crippen LogP contribution is -2.03. The molecule has 0 aromatic heterocycles. The number of carbonyl (C=O) groups is 1. The first kappa shape index (κ1) is 12.6. The minimum atomic E-state index is -0.167. The molecule has 0 radical (unpaired) electrons. The highest BCUT2D eigenvalue weighted by atomic mass is 79.9. The number of phenolic OH excluding ortho intramolecular Hbond substituents is 2. The zero-order chi connectivity index (χ0) is 13.6. The summed E-state index contributed by atoms with van der Waals surface area (Å²) in [7, 11) is 0. The molecule has 0 atom stereocenters. The van der Waals surface area contributed by atoms with Gasteiger partial charge in [-0.3, -0.25) is 4.79 Å². The molecule has 96 valence electrons. The van der Waals surface area contributed by atoms with Gasteiger partial charge in [0.2, 0.25) is 0 Å². The summed E-state index contributed by atoms with van der Waals surface area (Å²) >= 11 is 4.78. The van der Waals surface area contributed by atoms with E-state index in [1.54, 1.807) is 0 Å². The Morgan fingerprint density at radius 1 is 1.11 bits per heavy atom. The van der Waals surface area contributed by atoms with Crippen molar-refractivity contribution >= 4 is 33.5 Å². The van der Waals surface area contributed by atoms with Crippen LogP contribution in [0.5, 0.6) is 11.5 Å². The van der Waals surface area contributed by atoms with Gasteiger partial charge in [0.15, 0.2) is 5.78 Å². The van der Waals surface area contributed by atoms with Crippen LogP contribution in [0, 0.1) is 0 Å². The number of fused-ring (bicyclic) bond motifs is 2. The van der Waals surface area contributed by atoms with Gasteiger partial charge < -0.3 is 10.2 Å². The van der Waals surface area contributed by atoms with E-state index in [-0.39, 0.29) is 29.3 Å². The Bertz CT molecular complexity index is 697. The highest BCUT2D eigenvalue weighted by Gasteiger charge is 2.24. The Labute approximate surface area is 122 Å². The first-order chi connectivity index (χ1) is 9.04. The summed E-state index contributed by atoms with van der Waals surface area (Å²) in [6.45, 7) is 0. The van der Waals surface area contributed by atoms with E-state index in [1.807, 2.05) is 18.2 Å². The first-order valence-electron chi connectivity index (χ1n) is 5.60. The van der Waals surface area contributed by atoms with Crippen molar-refractivity contribution in [2.24, 2.45) is 0 Å². The second-order valence-corrected chi connectivity index (χ2v) is 6.29. The lowest BCUT2D eigenvalue weighted by molar-refractivity contribution is 0.0987. The van der Waals surface area contributed by atoms with Crippen molar-refractivity contribution in [3.8, 4) is 11.5 Å².